The van der Waals surface area contributed by atoms with Crippen molar-refractivity contribution in [3.63, 3.8) is 0 Å². The molecule has 32 heavy (non-hydrogen) atoms. The summed E-state index contributed by atoms with van der Waals surface area (Å²) in [6, 6.07) is 20.9. The van der Waals surface area contributed by atoms with E-state index < -0.39 is 0 Å². The smallest absolute Gasteiger partial charge is 0.255 e. The Balaban J connectivity index is 1.49. The lowest BCUT2D eigenvalue weighted by Crippen LogP contribution is -2.12. The van der Waals surface area contributed by atoms with Crippen LogP contribution in [-0.4, -0.2) is 17.0 Å². The quantitative estimate of drug-likeness (QED) is 0.343. The molecule has 0 saturated carbocycles. The normalized spacial score (nSPS) is 12.2. The lowest BCUT2D eigenvalue weighted by atomic mass is 9.98. The van der Waals surface area contributed by atoms with Crippen LogP contribution in [-0.2, 0) is 0 Å². The average Bonchev–Trinajstić information content (AvgIpc) is 3.22. The SMILES string of the molecule is CC[C@@H](C)c1ccc2oc(-c3ccc(NC(=O)c4cccc(OC(C)C)c4)cc3)nc2c1. The predicted molar refractivity (Wildman–Crippen MR) is 128 cm³/mol. The molecule has 1 heterocycles. The van der Waals surface area contributed by atoms with Gasteiger partial charge in [0, 0.05) is 16.8 Å². The van der Waals surface area contributed by atoms with Crippen LogP contribution in [0.2, 0.25) is 0 Å². The zero-order valence-corrected chi connectivity index (χ0v) is 18.9. The highest BCUT2D eigenvalue weighted by atomic mass is 16.5. The van der Waals surface area contributed by atoms with Crippen molar-refractivity contribution in [2.45, 2.75) is 46.1 Å². The lowest BCUT2D eigenvalue weighted by Gasteiger charge is -2.11. The summed E-state index contributed by atoms with van der Waals surface area (Å²) in [7, 11) is 0. The van der Waals surface area contributed by atoms with Gasteiger partial charge in [0.15, 0.2) is 5.58 Å². The van der Waals surface area contributed by atoms with Crippen molar-refractivity contribution in [2.24, 2.45) is 0 Å². The molecule has 1 N–H and O–H groups in total. The number of hydrogen-bond donors (Lipinski definition) is 1. The van der Waals surface area contributed by atoms with Gasteiger partial charge in [0.2, 0.25) is 5.89 Å². The number of hydrogen-bond acceptors (Lipinski definition) is 4. The molecular weight excluding hydrogens is 400 g/mol. The first-order valence-electron chi connectivity index (χ1n) is 11.0. The van der Waals surface area contributed by atoms with Crippen LogP contribution < -0.4 is 10.1 Å². The van der Waals surface area contributed by atoms with Crippen LogP contribution in [0.5, 0.6) is 5.75 Å². The van der Waals surface area contributed by atoms with Crippen molar-refractivity contribution in [1.29, 1.82) is 0 Å². The molecular formula is C27H28N2O3. The molecule has 0 radical (unpaired) electrons. The van der Waals surface area contributed by atoms with E-state index in [1.165, 1.54) is 5.56 Å². The first kappa shape index (κ1) is 21.6. The number of nitrogens with one attached hydrogen (secondary N) is 1. The maximum atomic E-state index is 12.6. The molecule has 0 saturated heterocycles. The molecule has 0 aliphatic heterocycles. The fraction of sp³-hybridized carbons (Fsp3) is 0.259. The summed E-state index contributed by atoms with van der Waals surface area (Å²) in [6.07, 6.45) is 1.13. The Hall–Kier alpha value is -3.60. The van der Waals surface area contributed by atoms with E-state index >= 15 is 0 Å². The highest BCUT2D eigenvalue weighted by Crippen LogP contribution is 2.28. The molecule has 3 aromatic carbocycles. The molecule has 0 aliphatic carbocycles. The van der Waals surface area contributed by atoms with Gasteiger partial charge < -0.3 is 14.5 Å². The van der Waals surface area contributed by atoms with E-state index in [-0.39, 0.29) is 12.0 Å². The van der Waals surface area contributed by atoms with E-state index in [4.69, 9.17) is 9.15 Å². The van der Waals surface area contributed by atoms with Gasteiger partial charge >= 0.3 is 0 Å². The zero-order chi connectivity index (χ0) is 22.7. The molecule has 1 atom stereocenters. The Morgan fingerprint density at radius 3 is 2.53 bits per heavy atom. The van der Waals surface area contributed by atoms with E-state index in [1.54, 1.807) is 12.1 Å². The van der Waals surface area contributed by atoms with Gasteiger partial charge in [0.1, 0.15) is 11.3 Å². The summed E-state index contributed by atoms with van der Waals surface area (Å²) in [5.74, 6) is 1.54. The molecule has 0 spiro atoms. The van der Waals surface area contributed by atoms with Crippen molar-refractivity contribution < 1.29 is 13.9 Å². The summed E-state index contributed by atoms with van der Waals surface area (Å²) in [6.45, 7) is 8.30. The van der Waals surface area contributed by atoms with Crippen LogP contribution in [0, 0.1) is 0 Å². The lowest BCUT2D eigenvalue weighted by molar-refractivity contribution is 0.102. The number of aromatic nitrogens is 1. The molecule has 4 rings (SSSR count). The minimum absolute atomic E-state index is 0.0503. The maximum Gasteiger partial charge on any atom is 0.255 e. The van der Waals surface area contributed by atoms with Gasteiger partial charge in [-0.25, -0.2) is 4.98 Å². The van der Waals surface area contributed by atoms with Gasteiger partial charge in [0.25, 0.3) is 5.91 Å². The second kappa shape index (κ2) is 9.27. The molecule has 0 bridgehead atoms. The number of fused-ring (bicyclic) bond motifs is 1. The first-order chi connectivity index (χ1) is 15.4. The molecule has 5 nitrogen and oxygen atoms in total. The maximum absolute atomic E-state index is 12.6. The Labute approximate surface area is 188 Å². The number of amides is 1. The van der Waals surface area contributed by atoms with Gasteiger partial charge in [-0.15, -0.1) is 0 Å². The second-order valence-corrected chi connectivity index (χ2v) is 8.28. The Bertz CT molecular complexity index is 1230. The second-order valence-electron chi connectivity index (χ2n) is 8.28. The number of nitrogens with zero attached hydrogens (tertiary/aromatic N) is 1. The van der Waals surface area contributed by atoms with E-state index in [9.17, 15) is 4.79 Å². The largest absolute Gasteiger partial charge is 0.491 e. The van der Waals surface area contributed by atoms with Gasteiger partial charge in [-0.2, -0.15) is 0 Å². The molecule has 4 aromatic rings. The molecule has 1 amide bonds. The van der Waals surface area contributed by atoms with Gasteiger partial charge in [-0.05, 0) is 86.3 Å². The van der Waals surface area contributed by atoms with Gasteiger partial charge in [0.05, 0.1) is 6.10 Å². The van der Waals surface area contributed by atoms with Crippen molar-refractivity contribution >= 4 is 22.7 Å². The van der Waals surface area contributed by atoms with Crippen LogP contribution in [0.3, 0.4) is 0 Å². The van der Waals surface area contributed by atoms with Crippen LogP contribution in [0.15, 0.2) is 71.1 Å². The van der Waals surface area contributed by atoms with Crippen LogP contribution in [0.25, 0.3) is 22.6 Å². The number of anilines is 1. The fourth-order valence-corrected chi connectivity index (χ4v) is 3.49. The number of oxazole rings is 1. The van der Waals surface area contributed by atoms with E-state index in [1.807, 2.05) is 56.3 Å². The minimum Gasteiger partial charge on any atom is -0.491 e. The van der Waals surface area contributed by atoms with Crippen LogP contribution in [0.4, 0.5) is 5.69 Å². The molecule has 164 valence electrons. The number of carbonyl (C=O) groups excluding carboxylic acids is 1. The Morgan fingerprint density at radius 2 is 1.81 bits per heavy atom. The van der Waals surface area contributed by atoms with Gasteiger partial charge in [-0.3, -0.25) is 4.79 Å². The third-order valence-electron chi connectivity index (χ3n) is 5.45. The Kier molecular flexibility index (Phi) is 6.26. The average molecular weight is 429 g/mol. The molecule has 0 fully saturated rings. The van der Waals surface area contributed by atoms with Crippen molar-refractivity contribution in [2.75, 3.05) is 5.32 Å². The fourth-order valence-electron chi connectivity index (χ4n) is 3.49. The molecule has 5 heteroatoms. The topological polar surface area (TPSA) is 64.4 Å². The summed E-state index contributed by atoms with van der Waals surface area (Å²) in [5, 5.41) is 2.92. The number of rotatable bonds is 7. The summed E-state index contributed by atoms with van der Waals surface area (Å²) < 4.78 is 11.6. The number of ether oxygens (including phenoxy) is 1. The molecule has 0 unspecified atom stereocenters. The predicted octanol–water partition coefficient (Wildman–Crippen LogP) is 7.05. The third kappa shape index (κ3) is 4.83. The highest BCUT2D eigenvalue weighted by molar-refractivity contribution is 6.04. The van der Waals surface area contributed by atoms with Crippen LogP contribution in [0.1, 0.15) is 56.0 Å². The van der Waals surface area contributed by atoms with E-state index in [0.29, 0.717) is 28.8 Å². The van der Waals surface area contributed by atoms with Crippen molar-refractivity contribution in [3.8, 4) is 17.2 Å². The summed E-state index contributed by atoms with van der Waals surface area (Å²) >= 11 is 0. The standard InChI is InChI=1S/C27H28N2O3/c1-5-18(4)20-11-14-25-24(16-20)29-27(32-25)19-9-12-22(13-10-19)28-26(30)21-7-6-8-23(15-21)31-17(2)3/h6-18H,5H2,1-4H3,(H,28,30)/t18-/m1/s1. The van der Waals surface area contributed by atoms with E-state index in [2.05, 4.69) is 36.3 Å². The van der Waals surface area contributed by atoms with Crippen LogP contribution >= 0.6 is 0 Å². The molecule has 0 aliphatic rings. The minimum atomic E-state index is -0.189. The molecule has 1 aromatic heterocycles. The van der Waals surface area contributed by atoms with Gasteiger partial charge in [-0.1, -0.05) is 26.0 Å². The monoisotopic (exact) mass is 428 g/mol. The summed E-state index contributed by atoms with van der Waals surface area (Å²) in [4.78, 5) is 17.3. The van der Waals surface area contributed by atoms with Crippen molar-refractivity contribution in [3.05, 3.63) is 77.9 Å². The van der Waals surface area contributed by atoms with E-state index in [0.717, 1.165) is 23.1 Å². The Morgan fingerprint density at radius 1 is 1.03 bits per heavy atom. The van der Waals surface area contributed by atoms with Crippen molar-refractivity contribution in [1.82, 2.24) is 4.98 Å². The first-order valence-corrected chi connectivity index (χ1v) is 11.0. The number of benzene rings is 3. The highest BCUT2D eigenvalue weighted by Gasteiger charge is 2.12. The summed E-state index contributed by atoms with van der Waals surface area (Å²) in [5.41, 5.74) is 5.00. The third-order valence-corrected chi connectivity index (χ3v) is 5.45. The number of carbonyl (C=O) groups is 1. The zero-order valence-electron chi connectivity index (χ0n) is 18.9.